The molecule has 0 aliphatic rings. The Hall–Kier alpha value is 0.420. The molecule has 1 aromatic rings. The molecule has 0 amide bonds. The van der Waals surface area contributed by atoms with Crippen LogP contribution in [0.2, 0.25) is 0 Å². The minimum absolute atomic E-state index is 0.554. The fourth-order valence-electron chi connectivity index (χ4n) is 0.981. The van der Waals surface area contributed by atoms with Gasteiger partial charge in [0, 0.05) is 0 Å². The van der Waals surface area contributed by atoms with E-state index in [2.05, 4.69) is 0 Å². The summed E-state index contributed by atoms with van der Waals surface area (Å²) < 4.78 is 62.8. The Balaban J connectivity index is 3.66. The minimum Gasteiger partial charge on any atom is -0.505 e. The molecule has 0 spiro atoms. The molecule has 0 radical (unpaired) electrons. The van der Waals surface area contributed by atoms with Gasteiger partial charge < -0.3 is 5.11 Å². The fourth-order valence-corrected chi connectivity index (χ4v) is 3.71. The van der Waals surface area contributed by atoms with Gasteiger partial charge in [-0.1, -0.05) is 0 Å². The second-order valence-electron chi connectivity index (χ2n) is 2.38. The summed E-state index contributed by atoms with van der Waals surface area (Å²) in [5.41, 5.74) is 0. The van der Waals surface area contributed by atoms with Gasteiger partial charge in [-0.05, 0) is 0 Å². The van der Waals surface area contributed by atoms with Crippen LogP contribution in [0.5, 0.6) is 5.75 Å². The quantitative estimate of drug-likeness (QED) is 0.630. The Labute approximate surface area is 115 Å². The van der Waals surface area contributed by atoms with Crippen LogP contribution in [0.3, 0.4) is 0 Å². The SMILES string of the molecule is Oc1c(SF)c(SF)c(SF)c(SF)c1SF. The standard InChI is InChI=1S/C6HF5OS5/c7-13-2-1(12)3(14-8)5(16-10)6(17-11)4(2)15-9/h12H. The van der Waals surface area contributed by atoms with Crippen molar-refractivity contribution in [2.24, 2.45) is 0 Å². The van der Waals surface area contributed by atoms with Crippen molar-refractivity contribution >= 4 is 60.7 Å². The topological polar surface area (TPSA) is 20.2 Å². The van der Waals surface area contributed by atoms with Crippen molar-refractivity contribution in [1.82, 2.24) is 0 Å². The molecule has 1 rings (SSSR count). The Kier molecular flexibility index (Phi) is 6.48. The molecule has 0 aliphatic carbocycles. The first-order valence-corrected chi connectivity index (χ1v) is 7.10. The number of aromatic hydroxyl groups is 1. The first kappa shape index (κ1) is 15.5. The van der Waals surface area contributed by atoms with E-state index in [4.69, 9.17) is 0 Å². The molecule has 1 N–H and O–H groups in total. The summed E-state index contributed by atoms with van der Waals surface area (Å²) in [5, 5.41) is 9.42. The molecule has 0 aliphatic heterocycles. The predicted octanol–water partition coefficient (Wildman–Crippen LogP) is 6.28. The molecule has 17 heavy (non-hydrogen) atoms. The average molecular weight is 344 g/mol. The maximum atomic E-state index is 12.6. The van der Waals surface area contributed by atoms with Crippen molar-refractivity contribution in [1.29, 1.82) is 0 Å². The monoisotopic (exact) mass is 344 g/mol. The summed E-state index contributed by atoms with van der Waals surface area (Å²) >= 11 is -2.83. The maximum Gasteiger partial charge on any atom is 0.150 e. The Morgan fingerprint density at radius 3 is 1.00 bits per heavy atom. The number of phenols is 1. The van der Waals surface area contributed by atoms with Crippen LogP contribution in [-0.4, -0.2) is 5.11 Å². The molecule has 0 unspecified atom stereocenters. The van der Waals surface area contributed by atoms with Gasteiger partial charge in [0.1, 0.15) is 15.5 Å². The lowest BCUT2D eigenvalue weighted by Gasteiger charge is -2.13. The minimum atomic E-state index is -0.955. The van der Waals surface area contributed by atoms with Gasteiger partial charge in [-0.3, -0.25) is 0 Å². The van der Waals surface area contributed by atoms with Crippen molar-refractivity contribution < 1.29 is 24.5 Å². The van der Waals surface area contributed by atoms with E-state index in [1.165, 1.54) is 0 Å². The zero-order valence-electron chi connectivity index (χ0n) is 7.38. The molecule has 0 saturated carbocycles. The van der Waals surface area contributed by atoms with Gasteiger partial charge in [0.25, 0.3) is 0 Å². The van der Waals surface area contributed by atoms with Crippen molar-refractivity contribution in [3.05, 3.63) is 0 Å². The average Bonchev–Trinajstić information content (AvgIpc) is 2.36. The van der Waals surface area contributed by atoms with Crippen molar-refractivity contribution in [2.75, 3.05) is 0 Å². The van der Waals surface area contributed by atoms with Gasteiger partial charge in [-0.2, -0.15) is 19.4 Å². The Morgan fingerprint density at radius 1 is 0.529 bits per heavy atom. The highest BCUT2D eigenvalue weighted by molar-refractivity contribution is 8.00. The molecule has 0 saturated heterocycles. The third-order valence-electron chi connectivity index (χ3n) is 1.64. The lowest BCUT2D eigenvalue weighted by molar-refractivity contribution is 0.437. The highest BCUT2D eigenvalue weighted by atomic mass is 32.2. The number of rotatable bonds is 5. The summed E-state index contributed by atoms with van der Waals surface area (Å²) in [6.45, 7) is 0. The molecular formula is C6HF5OS5. The lowest BCUT2D eigenvalue weighted by Crippen LogP contribution is -1.89. The number of halogens is 5. The third-order valence-corrected chi connectivity index (χ3v) is 4.95. The molecule has 0 atom stereocenters. The molecule has 1 nitrogen and oxygen atoms in total. The van der Waals surface area contributed by atoms with Gasteiger partial charge in [0.15, 0.2) is 0 Å². The number of benzene rings is 1. The molecule has 0 heterocycles. The first-order valence-electron chi connectivity index (χ1n) is 3.52. The van der Waals surface area contributed by atoms with Crippen LogP contribution in [0, 0.1) is 0 Å². The van der Waals surface area contributed by atoms with Gasteiger partial charge in [0.2, 0.25) is 0 Å². The van der Waals surface area contributed by atoms with Crippen LogP contribution in [0.25, 0.3) is 0 Å². The summed E-state index contributed by atoms with van der Waals surface area (Å²) in [6, 6.07) is 0. The zero-order valence-corrected chi connectivity index (χ0v) is 11.5. The van der Waals surface area contributed by atoms with Crippen LogP contribution >= 0.6 is 60.7 Å². The van der Waals surface area contributed by atoms with Crippen LogP contribution in [0.4, 0.5) is 19.4 Å². The molecule has 11 heteroatoms. The van der Waals surface area contributed by atoms with E-state index in [-0.39, 0.29) is 0 Å². The highest BCUT2D eigenvalue weighted by Crippen LogP contribution is 2.54. The smallest absolute Gasteiger partial charge is 0.150 e. The molecule has 0 aromatic heterocycles. The van der Waals surface area contributed by atoms with Crippen LogP contribution < -0.4 is 0 Å². The van der Waals surface area contributed by atoms with E-state index >= 15 is 0 Å². The van der Waals surface area contributed by atoms with Crippen molar-refractivity contribution in [3.8, 4) is 5.75 Å². The molecule has 1 aromatic carbocycles. The second-order valence-corrected chi connectivity index (χ2v) is 5.19. The van der Waals surface area contributed by atoms with Gasteiger partial charge >= 0.3 is 0 Å². The molecular weight excluding hydrogens is 343 g/mol. The summed E-state index contributed by atoms with van der Waals surface area (Å²) in [6.07, 6.45) is 0. The number of hydrogen-bond donors (Lipinski definition) is 1. The maximum absolute atomic E-state index is 12.6. The second kappa shape index (κ2) is 7.12. The van der Waals surface area contributed by atoms with Crippen molar-refractivity contribution in [2.45, 2.75) is 24.5 Å². The summed E-state index contributed by atoms with van der Waals surface area (Å²) in [7, 11) is 0. The number of hydrogen-bond acceptors (Lipinski definition) is 6. The van der Waals surface area contributed by atoms with E-state index in [1.807, 2.05) is 0 Å². The third kappa shape index (κ3) is 2.88. The predicted molar refractivity (Wildman–Crippen MR) is 62.9 cm³/mol. The fraction of sp³-hybridized carbons (Fsp3) is 0. The van der Waals surface area contributed by atoms with E-state index in [0.717, 1.165) is 0 Å². The van der Waals surface area contributed by atoms with Gasteiger partial charge in [-0.15, -0.1) is 0 Å². The molecule has 0 fully saturated rings. The Morgan fingerprint density at radius 2 is 0.765 bits per heavy atom. The Bertz CT molecular complexity index is 383. The molecule has 96 valence electrons. The van der Waals surface area contributed by atoms with E-state index in [1.54, 1.807) is 0 Å². The van der Waals surface area contributed by atoms with Crippen LogP contribution in [-0.2, 0) is 0 Å². The van der Waals surface area contributed by atoms with Crippen molar-refractivity contribution in [3.63, 3.8) is 0 Å². The highest BCUT2D eigenvalue weighted by Gasteiger charge is 2.27. The first-order chi connectivity index (χ1) is 8.15. The van der Waals surface area contributed by atoms with E-state index < -0.39 is 91.0 Å². The zero-order chi connectivity index (χ0) is 13.0. The van der Waals surface area contributed by atoms with E-state index in [0.29, 0.717) is 0 Å². The lowest BCUT2D eigenvalue weighted by atomic mass is 10.3. The normalized spacial score (nSPS) is 10.9. The summed E-state index contributed by atoms with van der Waals surface area (Å²) in [5.74, 6) is -0.955. The van der Waals surface area contributed by atoms with Gasteiger partial charge in [0.05, 0.1) is 75.4 Å². The van der Waals surface area contributed by atoms with E-state index in [9.17, 15) is 24.5 Å². The molecule has 0 bridgehead atoms. The van der Waals surface area contributed by atoms with Gasteiger partial charge in [-0.25, -0.2) is 0 Å². The van der Waals surface area contributed by atoms with Crippen LogP contribution in [0.1, 0.15) is 0 Å². The summed E-state index contributed by atoms with van der Waals surface area (Å²) in [4.78, 5) is -3.23. The largest absolute Gasteiger partial charge is 0.505 e. The van der Waals surface area contributed by atoms with Crippen LogP contribution in [0.15, 0.2) is 24.5 Å². The number of phenolic OH excluding ortho intramolecular Hbond substituents is 1.